The minimum atomic E-state index is -0.186. The van der Waals surface area contributed by atoms with Gasteiger partial charge in [0.1, 0.15) is 11.5 Å². The molecule has 5 heteroatoms. The van der Waals surface area contributed by atoms with Crippen molar-refractivity contribution in [2.75, 3.05) is 0 Å². The van der Waals surface area contributed by atoms with Crippen LogP contribution in [0.5, 0.6) is 0 Å². The van der Waals surface area contributed by atoms with E-state index in [2.05, 4.69) is 10.5 Å². The summed E-state index contributed by atoms with van der Waals surface area (Å²) in [7, 11) is 0. The minimum absolute atomic E-state index is 0.0905. The summed E-state index contributed by atoms with van der Waals surface area (Å²) in [6, 6.07) is 1.90. The van der Waals surface area contributed by atoms with E-state index < -0.39 is 0 Å². The summed E-state index contributed by atoms with van der Waals surface area (Å²) < 4.78 is 5.45. The summed E-state index contributed by atoms with van der Waals surface area (Å²) in [5.74, 6) is 1.95. The SMILES string of the molecule is Cc1cc(C(C)NC(C)C(N)=NO)c(C)o1. The molecule has 2 unspecified atom stereocenters. The number of nitrogens with two attached hydrogens (primary N) is 1. The predicted octanol–water partition coefficient (Wildman–Crippen LogP) is 1.68. The van der Waals surface area contributed by atoms with Crippen LogP contribution >= 0.6 is 0 Å². The van der Waals surface area contributed by atoms with Gasteiger partial charge >= 0.3 is 0 Å². The molecule has 0 aromatic carbocycles. The normalized spacial score (nSPS) is 16.1. The van der Waals surface area contributed by atoms with E-state index in [4.69, 9.17) is 15.4 Å². The maximum atomic E-state index is 8.55. The van der Waals surface area contributed by atoms with Crippen LogP contribution in [0.4, 0.5) is 0 Å². The van der Waals surface area contributed by atoms with Crippen molar-refractivity contribution in [1.82, 2.24) is 5.32 Å². The molecule has 0 bridgehead atoms. The number of hydrogen-bond acceptors (Lipinski definition) is 4. The Bertz CT molecular complexity index is 385. The molecule has 16 heavy (non-hydrogen) atoms. The van der Waals surface area contributed by atoms with Crippen LogP contribution in [0.1, 0.15) is 37.0 Å². The zero-order chi connectivity index (χ0) is 12.3. The van der Waals surface area contributed by atoms with Crippen molar-refractivity contribution in [3.63, 3.8) is 0 Å². The number of nitrogens with one attached hydrogen (secondary N) is 1. The highest BCUT2D eigenvalue weighted by Crippen LogP contribution is 2.21. The summed E-state index contributed by atoms with van der Waals surface area (Å²) in [4.78, 5) is 0. The molecule has 5 nitrogen and oxygen atoms in total. The molecule has 0 aliphatic heterocycles. The molecule has 0 aliphatic rings. The first kappa shape index (κ1) is 12.6. The van der Waals surface area contributed by atoms with Gasteiger partial charge in [0, 0.05) is 11.6 Å². The molecule has 1 aromatic rings. The molecule has 1 heterocycles. The number of amidine groups is 1. The van der Waals surface area contributed by atoms with Crippen molar-refractivity contribution in [1.29, 1.82) is 0 Å². The molecule has 0 radical (unpaired) electrons. The van der Waals surface area contributed by atoms with Crippen LogP contribution in [-0.2, 0) is 0 Å². The van der Waals surface area contributed by atoms with E-state index in [0.717, 1.165) is 17.1 Å². The number of furan rings is 1. The molecule has 0 saturated heterocycles. The van der Waals surface area contributed by atoms with Crippen molar-refractivity contribution in [3.8, 4) is 0 Å². The van der Waals surface area contributed by atoms with E-state index in [-0.39, 0.29) is 17.9 Å². The minimum Gasteiger partial charge on any atom is -0.466 e. The lowest BCUT2D eigenvalue weighted by molar-refractivity contribution is 0.314. The van der Waals surface area contributed by atoms with E-state index in [1.54, 1.807) is 0 Å². The highest BCUT2D eigenvalue weighted by Gasteiger charge is 2.16. The Hall–Kier alpha value is -1.49. The third-order valence-electron chi connectivity index (χ3n) is 2.60. The lowest BCUT2D eigenvalue weighted by atomic mass is 10.1. The molecular weight excluding hydrogens is 206 g/mol. The summed E-state index contributed by atoms with van der Waals surface area (Å²) in [5, 5.41) is 14.7. The largest absolute Gasteiger partial charge is 0.466 e. The Balaban J connectivity index is 2.72. The smallest absolute Gasteiger partial charge is 0.156 e. The van der Waals surface area contributed by atoms with E-state index in [1.165, 1.54) is 0 Å². The third-order valence-corrected chi connectivity index (χ3v) is 2.60. The Morgan fingerprint density at radius 2 is 2.12 bits per heavy atom. The fourth-order valence-corrected chi connectivity index (χ4v) is 1.72. The van der Waals surface area contributed by atoms with Gasteiger partial charge in [-0.25, -0.2) is 0 Å². The quantitative estimate of drug-likeness (QED) is 0.315. The van der Waals surface area contributed by atoms with Crippen molar-refractivity contribution in [2.45, 2.75) is 39.8 Å². The lowest BCUT2D eigenvalue weighted by Gasteiger charge is -2.18. The van der Waals surface area contributed by atoms with Crippen LogP contribution in [0.25, 0.3) is 0 Å². The topological polar surface area (TPSA) is 83.8 Å². The molecule has 90 valence electrons. The molecule has 0 saturated carbocycles. The van der Waals surface area contributed by atoms with Gasteiger partial charge in [-0.3, -0.25) is 0 Å². The van der Waals surface area contributed by atoms with Gasteiger partial charge in [-0.2, -0.15) is 0 Å². The van der Waals surface area contributed by atoms with E-state index in [1.807, 2.05) is 33.8 Å². The van der Waals surface area contributed by atoms with Crippen LogP contribution in [0.15, 0.2) is 15.6 Å². The molecule has 4 N–H and O–H groups in total. The molecule has 2 atom stereocenters. The van der Waals surface area contributed by atoms with E-state index in [0.29, 0.717) is 0 Å². The van der Waals surface area contributed by atoms with Crippen molar-refractivity contribution < 1.29 is 9.62 Å². The number of rotatable bonds is 4. The first-order valence-corrected chi connectivity index (χ1v) is 5.26. The Labute approximate surface area is 95.3 Å². The van der Waals surface area contributed by atoms with Crippen LogP contribution in [0.2, 0.25) is 0 Å². The maximum absolute atomic E-state index is 8.55. The van der Waals surface area contributed by atoms with Gasteiger partial charge < -0.3 is 20.7 Å². The maximum Gasteiger partial charge on any atom is 0.156 e. The zero-order valence-corrected chi connectivity index (χ0v) is 10.1. The Morgan fingerprint density at radius 3 is 2.56 bits per heavy atom. The van der Waals surface area contributed by atoms with Crippen molar-refractivity contribution in [2.24, 2.45) is 10.9 Å². The average molecular weight is 225 g/mol. The number of nitrogens with zero attached hydrogens (tertiary/aromatic N) is 1. The summed E-state index contributed by atoms with van der Waals surface area (Å²) in [6.45, 7) is 7.69. The highest BCUT2D eigenvalue weighted by molar-refractivity contribution is 5.84. The van der Waals surface area contributed by atoms with Gasteiger partial charge in [0.25, 0.3) is 0 Å². The monoisotopic (exact) mass is 225 g/mol. The predicted molar refractivity (Wildman–Crippen MR) is 62.6 cm³/mol. The fourth-order valence-electron chi connectivity index (χ4n) is 1.72. The molecule has 0 fully saturated rings. The second kappa shape index (κ2) is 5.03. The molecular formula is C11H19N3O2. The molecule has 1 aromatic heterocycles. The van der Waals surface area contributed by atoms with Gasteiger partial charge in [0.05, 0.1) is 6.04 Å². The van der Waals surface area contributed by atoms with Crippen LogP contribution in [0, 0.1) is 13.8 Å². The average Bonchev–Trinajstić information content (AvgIpc) is 2.56. The molecule has 0 amide bonds. The summed E-state index contributed by atoms with van der Waals surface area (Å²) in [6.07, 6.45) is 0. The number of oxime groups is 1. The standard InChI is InChI=1S/C11H19N3O2/c1-6-5-10(9(4)16-6)7(2)13-8(3)11(12)14-15/h5,7-8,13,15H,1-4H3,(H2,12,14). The Morgan fingerprint density at radius 1 is 1.50 bits per heavy atom. The first-order valence-electron chi connectivity index (χ1n) is 5.26. The second-order valence-electron chi connectivity index (χ2n) is 4.00. The zero-order valence-electron chi connectivity index (χ0n) is 10.1. The van der Waals surface area contributed by atoms with Crippen molar-refractivity contribution in [3.05, 3.63) is 23.2 Å². The van der Waals surface area contributed by atoms with Crippen LogP contribution < -0.4 is 11.1 Å². The summed E-state index contributed by atoms with van der Waals surface area (Å²) in [5.41, 5.74) is 6.59. The fraction of sp³-hybridized carbons (Fsp3) is 0.545. The third kappa shape index (κ3) is 2.76. The Kier molecular flexibility index (Phi) is 3.95. The van der Waals surface area contributed by atoms with Gasteiger partial charge in [-0.15, -0.1) is 0 Å². The number of aryl methyl sites for hydroxylation is 2. The highest BCUT2D eigenvalue weighted by atomic mass is 16.4. The van der Waals surface area contributed by atoms with Crippen molar-refractivity contribution >= 4 is 5.84 Å². The molecule has 0 spiro atoms. The molecule has 0 aliphatic carbocycles. The van der Waals surface area contributed by atoms with Crippen LogP contribution in [-0.4, -0.2) is 17.1 Å². The van der Waals surface area contributed by atoms with Gasteiger partial charge in [-0.05, 0) is 33.8 Å². The second-order valence-corrected chi connectivity index (χ2v) is 4.00. The van der Waals surface area contributed by atoms with E-state index >= 15 is 0 Å². The van der Waals surface area contributed by atoms with E-state index in [9.17, 15) is 0 Å². The van der Waals surface area contributed by atoms with Gasteiger partial charge in [0.2, 0.25) is 0 Å². The van der Waals surface area contributed by atoms with Crippen LogP contribution in [0.3, 0.4) is 0 Å². The molecule has 1 rings (SSSR count). The first-order chi connectivity index (χ1) is 7.45. The summed E-state index contributed by atoms with van der Waals surface area (Å²) >= 11 is 0. The number of hydrogen-bond donors (Lipinski definition) is 3. The lowest BCUT2D eigenvalue weighted by Crippen LogP contribution is -2.40. The van der Waals surface area contributed by atoms with Gasteiger partial charge in [-0.1, -0.05) is 5.16 Å². The van der Waals surface area contributed by atoms with Gasteiger partial charge in [0.15, 0.2) is 5.84 Å².